The molecule has 0 aliphatic carbocycles. The number of nitrogens with one attached hydrogen (secondary N) is 1. The first-order chi connectivity index (χ1) is 9.54. The van der Waals surface area contributed by atoms with E-state index in [2.05, 4.69) is 34.1 Å². The highest BCUT2D eigenvalue weighted by molar-refractivity contribution is 5.81. The topological polar surface area (TPSA) is 90.3 Å². The maximum absolute atomic E-state index is 12.1. The molecule has 1 rings (SSSR count). The van der Waals surface area contributed by atoms with Crippen LogP contribution < -0.4 is 5.32 Å². The van der Waals surface area contributed by atoms with Crippen LogP contribution in [-0.4, -0.2) is 56.2 Å². The Balaban J connectivity index is 2.58. The maximum atomic E-state index is 12.1. The third-order valence-corrected chi connectivity index (χ3v) is 3.65. The molecule has 1 N–H and O–H groups in total. The summed E-state index contributed by atoms with van der Waals surface area (Å²) >= 11 is 0. The number of piperidine rings is 1. The summed E-state index contributed by atoms with van der Waals surface area (Å²) in [6.45, 7) is 8.02. The Morgan fingerprint density at radius 3 is 2.65 bits per heavy atom. The molecule has 20 heavy (non-hydrogen) atoms. The van der Waals surface area contributed by atoms with E-state index >= 15 is 0 Å². The Labute approximate surface area is 120 Å². The highest BCUT2D eigenvalue weighted by Gasteiger charge is 2.41. The highest BCUT2D eigenvalue weighted by Crippen LogP contribution is 2.24. The van der Waals surface area contributed by atoms with Crippen LogP contribution in [0.25, 0.3) is 10.4 Å². The predicted octanol–water partition coefficient (Wildman–Crippen LogP) is 1.55. The Morgan fingerprint density at radius 2 is 2.15 bits per heavy atom. The van der Waals surface area contributed by atoms with Crippen molar-refractivity contribution >= 4 is 5.97 Å². The van der Waals surface area contributed by atoms with Crippen molar-refractivity contribution in [1.29, 1.82) is 0 Å². The molecule has 0 atom stereocenters. The van der Waals surface area contributed by atoms with Crippen LogP contribution in [0.4, 0.5) is 0 Å². The molecule has 0 aromatic heterocycles. The van der Waals surface area contributed by atoms with E-state index in [0.717, 1.165) is 32.5 Å². The quantitative estimate of drug-likeness (QED) is 0.252. The molecule has 0 aromatic rings. The molecule has 1 fully saturated rings. The summed E-state index contributed by atoms with van der Waals surface area (Å²) in [5, 5.41) is 6.71. The van der Waals surface area contributed by atoms with Gasteiger partial charge in [-0.05, 0) is 24.3 Å². The van der Waals surface area contributed by atoms with Gasteiger partial charge in [-0.15, -0.1) is 0 Å². The van der Waals surface area contributed by atoms with Gasteiger partial charge < -0.3 is 15.0 Å². The van der Waals surface area contributed by atoms with Gasteiger partial charge in [0.25, 0.3) is 0 Å². The molecule has 0 radical (unpaired) electrons. The van der Waals surface area contributed by atoms with Crippen LogP contribution in [0.2, 0.25) is 0 Å². The summed E-state index contributed by atoms with van der Waals surface area (Å²) in [7, 11) is 1.42. The lowest BCUT2D eigenvalue weighted by molar-refractivity contribution is -0.151. The van der Waals surface area contributed by atoms with E-state index in [1.165, 1.54) is 7.11 Å². The average molecular weight is 283 g/mol. The molecular formula is C13H25N5O2. The van der Waals surface area contributed by atoms with Crippen molar-refractivity contribution in [2.45, 2.75) is 32.2 Å². The molecule has 7 heteroatoms. The molecule has 114 valence electrons. The summed E-state index contributed by atoms with van der Waals surface area (Å²) in [6, 6.07) is 0. The minimum Gasteiger partial charge on any atom is -0.468 e. The van der Waals surface area contributed by atoms with Gasteiger partial charge in [-0.1, -0.05) is 19.0 Å². The Kier molecular flexibility index (Phi) is 6.78. The van der Waals surface area contributed by atoms with Gasteiger partial charge in [0.2, 0.25) is 0 Å². The van der Waals surface area contributed by atoms with Crippen molar-refractivity contribution in [1.82, 2.24) is 10.2 Å². The molecule has 1 saturated heterocycles. The van der Waals surface area contributed by atoms with Crippen LogP contribution in [-0.2, 0) is 9.53 Å². The number of rotatable bonds is 7. The summed E-state index contributed by atoms with van der Waals surface area (Å²) in [4.78, 5) is 17.2. The lowest BCUT2D eigenvalue weighted by Crippen LogP contribution is -2.59. The van der Waals surface area contributed by atoms with E-state index < -0.39 is 5.54 Å². The fourth-order valence-electron chi connectivity index (χ4n) is 2.67. The van der Waals surface area contributed by atoms with Gasteiger partial charge in [0.05, 0.1) is 7.11 Å². The third kappa shape index (κ3) is 4.67. The van der Waals surface area contributed by atoms with Crippen LogP contribution in [0.5, 0.6) is 0 Å². The Morgan fingerprint density at radius 1 is 1.50 bits per heavy atom. The number of hydrogen-bond donors (Lipinski definition) is 1. The van der Waals surface area contributed by atoms with E-state index in [4.69, 9.17) is 10.3 Å². The molecule has 0 bridgehead atoms. The van der Waals surface area contributed by atoms with E-state index in [0.29, 0.717) is 19.0 Å². The third-order valence-electron chi connectivity index (χ3n) is 3.65. The van der Waals surface area contributed by atoms with Crippen molar-refractivity contribution < 1.29 is 9.53 Å². The fourth-order valence-corrected chi connectivity index (χ4v) is 2.67. The summed E-state index contributed by atoms with van der Waals surface area (Å²) in [5.74, 6) is 0.404. The van der Waals surface area contributed by atoms with Crippen molar-refractivity contribution in [3.8, 4) is 0 Å². The lowest BCUT2D eigenvalue weighted by Gasteiger charge is -2.40. The van der Waals surface area contributed by atoms with Gasteiger partial charge >= 0.3 is 5.97 Å². The normalized spacial score (nSPS) is 18.6. The van der Waals surface area contributed by atoms with Crippen molar-refractivity contribution in [2.24, 2.45) is 11.0 Å². The number of likely N-dealkylation sites (tertiary alicyclic amines) is 1. The van der Waals surface area contributed by atoms with Crippen molar-refractivity contribution in [3.05, 3.63) is 10.4 Å². The molecule has 1 aliphatic rings. The van der Waals surface area contributed by atoms with E-state index in [-0.39, 0.29) is 5.97 Å². The predicted molar refractivity (Wildman–Crippen MR) is 77.3 cm³/mol. The molecule has 0 spiro atoms. The number of carbonyl (C=O) groups excluding carboxylic acids is 1. The minimum atomic E-state index is -0.632. The Hall–Kier alpha value is -1.30. The van der Waals surface area contributed by atoms with Gasteiger partial charge in [0.1, 0.15) is 5.54 Å². The van der Waals surface area contributed by atoms with Crippen LogP contribution in [0.15, 0.2) is 5.11 Å². The van der Waals surface area contributed by atoms with Gasteiger partial charge in [-0.2, -0.15) is 0 Å². The molecule has 0 saturated carbocycles. The van der Waals surface area contributed by atoms with Gasteiger partial charge in [0, 0.05) is 37.6 Å². The second kappa shape index (κ2) is 8.09. The van der Waals surface area contributed by atoms with Gasteiger partial charge in [0.15, 0.2) is 0 Å². The van der Waals surface area contributed by atoms with Crippen LogP contribution in [0, 0.1) is 5.92 Å². The SMILES string of the molecule is COC(=O)C1(NCCN=[N+]=[N-])CCN(CC(C)C)CC1. The van der Waals surface area contributed by atoms with Crippen LogP contribution in [0.3, 0.4) is 0 Å². The number of nitrogens with zero attached hydrogens (tertiary/aromatic N) is 4. The lowest BCUT2D eigenvalue weighted by atomic mass is 9.87. The number of hydrogen-bond acceptors (Lipinski definition) is 5. The molecule has 7 nitrogen and oxygen atoms in total. The average Bonchev–Trinajstić information content (AvgIpc) is 2.44. The number of ether oxygens (including phenoxy) is 1. The number of esters is 1. The first kappa shape index (κ1) is 16.8. The van der Waals surface area contributed by atoms with E-state index in [1.807, 2.05) is 0 Å². The monoisotopic (exact) mass is 283 g/mol. The molecule has 0 amide bonds. The fraction of sp³-hybridized carbons (Fsp3) is 0.923. The highest BCUT2D eigenvalue weighted by atomic mass is 16.5. The second-order valence-electron chi connectivity index (χ2n) is 5.65. The zero-order valence-electron chi connectivity index (χ0n) is 12.6. The smallest absolute Gasteiger partial charge is 0.326 e. The zero-order valence-corrected chi connectivity index (χ0v) is 12.6. The zero-order chi connectivity index (χ0) is 15.0. The second-order valence-corrected chi connectivity index (χ2v) is 5.65. The summed E-state index contributed by atoms with van der Waals surface area (Å²) < 4.78 is 4.94. The standard InChI is InChI=1S/C13H25N5O2/c1-11(2)10-18-8-4-13(5-9-18,12(19)20-3)15-6-7-16-17-14/h11,15H,4-10H2,1-3H3. The number of azide groups is 1. The largest absolute Gasteiger partial charge is 0.468 e. The number of methoxy groups -OCH3 is 1. The molecule has 1 heterocycles. The van der Waals surface area contributed by atoms with E-state index in [1.54, 1.807) is 0 Å². The maximum Gasteiger partial charge on any atom is 0.326 e. The number of carbonyl (C=O) groups is 1. The van der Waals surface area contributed by atoms with Gasteiger partial charge in [-0.3, -0.25) is 4.79 Å². The minimum absolute atomic E-state index is 0.220. The molecule has 1 aliphatic heterocycles. The van der Waals surface area contributed by atoms with Gasteiger partial charge in [-0.25, -0.2) is 0 Å². The first-order valence-electron chi connectivity index (χ1n) is 7.11. The Bertz CT molecular complexity index is 358. The summed E-state index contributed by atoms with van der Waals surface area (Å²) in [6.07, 6.45) is 1.45. The molecular weight excluding hydrogens is 258 g/mol. The summed E-state index contributed by atoms with van der Waals surface area (Å²) in [5.41, 5.74) is 7.64. The van der Waals surface area contributed by atoms with Crippen LogP contribution >= 0.6 is 0 Å². The van der Waals surface area contributed by atoms with Crippen LogP contribution in [0.1, 0.15) is 26.7 Å². The van der Waals surface area contributed by atoms with E-state index in [9.17, 15) is 4.79 Å². The van der Waals surface area contributed by atoms with Crippen molar-refractivity contribution in [2.75, 3.05) is 39.8 Å². The molecule has 0 aromatic carbocycles. The molecule has 0 unspecified atom stereocenters. The van der Waals surface area contributed by atoms with Crippen molar-refractivity contribution in [3.63, 3.8) is 0 Å². The first-order valence-corrected chi connectivity index (χ1v) is 7.11.